The molecular weight excluding hydrogens is 348 g/mol. The normalized spacial score (nSPS) is 13.2. The van der Waals surface area contributed by atoms with E-state index in [4.69, 9.17) is 4.99 Å². The monoisotopic (exact) mass is 376 g/mol. The molecular formula is C23H28N4O. The fraction of sp³-hybridized carbons (Fsp3) is 0.348. The molecule has 1 amide bonds. The molecule has 146 valence electrons. The molecule has 0 spiro atoms. The van der Waals surface area contributed by atoms with Gasteiger partial charge >= 0.3 is 0 Å². The van der Waals surface area contributed by atoms with Crippen LogP contribution >= 0.6 is 0 Å². The van der Waals surface area contributed by atoms with E-state index in [0.29, 0.717) is 24.6 Å². The predicted octanol–water partition coefficient (Wildman–Crippen LogP) is 5.00. The summed E-state index contributed by atoms with van der Waals surface area (Å²) in [4.78, 5) is 19.8. The summed E-state index contributed by atoms with van der Waals surface area (Å²) < 4.78 is 0. The van der Waals surface area contributed by atoms with Crippen LogP contribution in [0, 0.1) is 25.2 Å². The topological polar surface area (TPSA) is 59.7 Å². The first kappa shape index (κ1) is 21.2. The number of amides is 1. The fourth-order valence-electron chi connectivity index (χ4n) is 3.08. The lowest BCUT2D eigenvalue weighted by Gasteiger charge is -2.43. The summed E-state index contributed by atoms with van der Waals surface area (Å²) in [5, 5.41) is 9.83. The van der Waals surface area contributed by atoms with Gasteiger partial charge in [0.05, 0.1) is 24.6 Å². The third-order valence-electron chi connectivity index (χ3n) is 4.87. The van der Waals surface area contributed by atoms with Crippen LogP contribution in [0.3, 0.4) is 0 Å². The van der Waals surface area contributed by atoms with E-state index in [0.717, 1.165) is 28.1 Å². The highest BCUT2D eigenvalue weighted by Crippen LogP contribution is 2.36. The van der Waals surface area contributed by atoms with Crippen molar-refractivity contribution < 1.29 is 4.79 Å². The van der Waals surface area contributed by atoms with E-state index >= 15 is 0 Å². The first-order valence-electron chi connectivity index (χ1n) is 9.58. The highest BCUT2D eigenvalue weighted by atomic mass is 16.2. The summed E-state index contributed by atoms with van der Waals surface area (Å²) in [6.07, 6.45) is 0. The van der Waals surface area contributed by atoms with Gasteiger partial charge in [-0.05, 0) is 43.5 Å². The number of nitriles is 1. The van der Waals surface area contributed by atoms with Crippen LogP contribution in [-0.4, -0.2) is 34.9 Å². The predicted molar refractivity (Wildman–Crippen MR) is 114 cm³/mol. The third kappa shape index (κ3) is 4.23. The molecule has 2 aromatic carbocycles. The second kappa shape index (κ2) is 9.18. The second-order valence-electron chi connectivity index (χ2n) is 6.61. The molecule has 0 bridgehead atoms. The van der Waals surface area contributed by atoms with Crippen molar-refractivity contribution in [2.24, 2.45) is 4.99 Å². The molecule has 1 aliphatic rings. The zero-order valence-corrected chi connectivity index (χ0v) is 17.6. The van der Waals surface area contributed by atoms with Crippen LogP contribution < -0.4 is 0 Å². The van der Waals surface area contributed by atoms with Crippen LogP contribution in [0.25, 0.3) is 11.1 Å². The largest absolute Gasteiger partial charge is 0.324 e. The van der Waals surface area contributed by atoms with Crippen molar-refractivity contribution in [3.8, 4) is 17.2 Å². The Hall–Kier alpha value is -3.13. The minimum Gasteiger partial charge on any atom is -0.324 e. The lowest BCUT2D eigenvalue weighted by atomic mass is 9.91. The SMILES string of the molecule is CC.CC(=O)N1CN(C(C)=Nc2cc(C)c(C)c(-c3ccccc3)c2C#N)C1. The number of benzene rings is 2. The van der Waals surface area contributed by atoms with Gasteiger partial charge in [-0.25, -0.2) is 4.99 Å². The van der Waals surface area contributed by atoms with E-state index in [1.165, 1.54) is 0 Å². The smallest absolute Gasteiger partial charge is 0.222 e. The number of aryl methyl sites for hydroxylation is 1. The van der Waals surface area contributed by atoms with Crippen LogP contribution in [0.15, 0.2) is 41.4 Å². The van der Waals surface area contributed by atoms with Crippen molar-refractivity contribution >= 4 is 17.4 Å². The lowest BCUT2D eigenvalue weighted by molar-refractivity contribution is -0.139. The number of nitrogens with zero attached hydrogens (tertiary/aromatic N) is 4. The molecule has 0 aliphatic carbocycles. The van der Waals surface area contributed by atoms with Gasteiger partial charge in [0.15, 0.2) is 0 Å². The molecule has 5 heteroatoms. The first-order chi connectivity index (χ1) is 13.4. The van der Waals surface area contributed by atoms with Crippen molar-refractivity contribution in [1.82, 2.24) is 9.80 Å². The molecule has 0 N–H and O–H groups in total. The van der Waals surface area contributed by atoms with Crippen molar-refractivity contribution in [3.05, 3.63) is 53.1 Å². The molecule has 0 atom stereocenters. The Kier molecular flexibility index (Phi) is 6.94. The van der Waals surface area contributed by atoms with Gasteiger partial charge in [-0.1, -0.05) is 44.2 Å². The number of carbonyl (C=O) groups is 1. The zero-order chi connectivity index (χ0) is 20.8. The molecule has 0 aromatic heterocycles. The van der Waals surface area contributed by atoms with Crippen molar-refractivity contribution in [1.29, 1.82) is 5.26 Å². The van der Waals surface area contributed by atoms with Crippen LogP contribution in [0.2, 0.25) is 0 Å². The zero-order valence-electron chi connectivity index (χ0n) is 17.6. The van der Waals surface area contributed by atoms with Gasteiger partial charge in [0.1, 0.15) is 11.9 Å². The summed E-state index contributed by atoms with van der Waals surface area (Å²) in [5.41, 5.74) is 5.41. The number of hydrogen-bond acceptors (Lipinski definition) is 3. The number of aliphatic imine (C=N–C) groups is 1. The van der Waals surface area contributed by atoms with Crippen molar-refractivity contribution in [3.63, 3.8) is 0 Å². The number of carbonyl (C=O) groups excluding carboxylic acids is 1. The fourth-order valence-corrected chi connectivity index (χ4v) is 3.08. The Labute approximate surface area is 167 Å². The molecule has 28 heavy (non-hydrogen) atoms. The molecule has 5 nitrogen and oxygen atoms in total. The summed E-state index contributed by atoms with van der Waals surface area (Å²) in [5.74, 6) is 0.866. The molecule has 1 saturated heterocycles. The Balaban J connectivity index is 0.00000136. The van der Waals surface area contributed by atoms with E-state index in [2.05, 4.69) is 6.07 Å². The minimum atomic E-state index is 0.0595. The number of amidine groups is 1. The summed E-state index contributed by atoms with van der Waals surface area (Å²) >= 11 is 0. The maximum atomic E-state index is 11.4. The Morgan fingerprint density at radius 3 is 2.21 bits per heavy atom. The summed E-state index contributed by atoms with van der Waals surface area (Å²) in [6, 6.07) is 14.3. The molecule has 0 saturated carbocycles. The maximum Gasteiger partial charge on any atom is 0.222 e. The van der Waals surface area contributed by atoms with Gasteiger partial charge in [0, 0.05) is 12.5 Å². The number of rotatable bonds is 2. The van der Waals surface area contributed by atoms with Crippen LogP contribution in [0.5, 0.6) is 0 Å². The summed E-state index contributed by atoms with van der Waals surface area (Å²) in [6.45, 7) is 12.6. The molecule has 1 heterocycles. The maximum absolute atomic E-state index is 11.4. The van der Waals surface area contributed by atoms with E-state index in [1.807, 2.05) is 75.9 Å². The molecule has 1 fully saturated rings. The average molecular weight is 377 g/mol. The molecule has 2 aromatic rings. The second-order valence-corrected chi connectivity index (χ2v) is 6.61. The van der Waals surface area contributed by atoms with Gasteiger partial charge in [0.2, 0.25) is 5.91 Å². The van der Waals surface area contributed by atoms with Crippen LogP contribution in [0.4, 0.5) is 5.69 Å². The lowest BCUT2D eigenvalue weighted by Crippen LogP contribution is -2.58. The van der Waals surface area contributed by atoms with Gasteiger partial charge in [-0.3, -0.25) is 4.79 Å². The summed E-state index contributed by atoms with van der Waals surface area (Å²) in [7, 11) is 0. The van der Waals surface area contributed by atoms with E-state index in [-0.39, 0.29) is 5.91 Å². The Morgan fingerprint density at radius 2 is 1.68 bits per heavy atom. The van der Waals surface area contributed by atoms with Crippen LogP contribution in [-0.2, 0) is 4.79 Å². The standard InChI is InChI=1S/C21H22N4O.C2H6/c1-14-10-20(23-16(3)24-12-25(13-24)17(4)26)19(11-22)21(15(14)2)18-8-6-5-7-9-18;1-2/h5-10H,12-13H2,1-4H3;1-2H3. The third-order valence-corrected chi connectivity index (χ3v) is 4.87. The van der Waals surface area contributed by atoms with Crippen LogP contribution in [0.1, 0.15) is 44.4 Å². The van der Waals surface area contributed by atoms with E-state index in [9.17, 15) is 10.1 Å². The highest BCUT2D eigenvalue weighted by Gasteiger charge is 2.27. The van der Waals surface area contributed by atoms with Crippen molar-refractivity contribution in [2.45, 2.75) is 41.5 Å². The molecule has 1 aliphatic heterocycles. The Bertz CT molecular complexity index is 920. The molecule has 3 rings (SSSR count). The van der Waals surface area contributed by atoms with E-state index in [1.54, 1.807) is 11.8 Å². The van der Waals surface area contributed by atoms with Gasteiger partial charge in [0.25, 0.3) is 0 Å². The molecule has 0 radical (unpaired) electrons. The van der Waals surface area contributed by atoms with Gasteiger partial charge in [-0.2, -0.15) is 5.26 Å². The molecule has 0 unspecified atom stereocenters. The number of hydrogen-bond donors (Lipinski definition) is 0. The highest BCUT2D eigenvalue weighted by molar-refractivity contribution is 5.88. The Morgan fingerprint density at radius 1 is 1.07 bits per heavy atom. The quantitative estimate of drug-likeness (QED) is 0.547. The minimum absolute atomic E-state index is 0.0595. The van der Waals surface area contributed by atoms with Gasteiger partial charge in [-0.15, -0.1) is 0 Å². The average Bonchev–Trinajstić information content (AvgIpc) is 2.65. The van der Waals surface area contributed by atoms with Gasteiger partial charge < -0.3 is 9.80 Å². The van der Waals surface area contributed by atoms with E-state index < -0.39 is 0 Å². The first-order valence-corrected chi connectivity index (χ1v) is 9.58. The van der Waals surface area contributed by atoms with Crippen molar-refractivity contribution in [2.75, 3.05) is 13.3 Å².